The SMILES string of the molecule is O=C(/C=C/c1ccc(S(=O)(=O)NCc2ccco2)cc1)OCCN1C(=O)c2ccccc2C1=O. The molecule has 1 aliphatic rings. The summed E-state index contributed by atoms with van der Waals surface area (Å²) >= 11 is 0. The van der Waals surface area contributed by atoms with Crippen LogP contribution in [0, 0.1) is 0 Å². The van der Waals surface area contributed by atoms with Gasteiger partial charge >= 0.3 is 5.97 Å². The van der Waals surface area contributed by atoms with Crippen molar-refractivity contribution in [3.05, 3.63) is 95.5 Å². The fourth-order valence-electron chi connectivity index (χ4n) is 3.31. The fraction of sp³-hybridized carbons (Fsp3) is 0.125. The quantitative estimate of drug-likeness (QED) is 0.284. The summed E-state index contributed by atoms with van der Waals surface area (Å²) in [6, 6.07) is 15.8. The van der Waals surface area contributed by atoms with Crippen LogP contribution in [-0.4, -0.2) is 44.3 Å². The maximum absolute atomic E-state index is 12.4. The van der Waals surface area contributed by atoms with Crippen LogP contribution in [0.4, 0.5) is 0 Å². The van der Waals surface area contributed by atoms with Gasteiger partial charge in [0.1, 0.15) is 12.4 Å². The van der Waals surface area contributed by atoms with Gasteiger partial charge in [-0.3, -0.25) is 14.5 Å². The smallest absolute Gasteiger partial charge is 0.330 e. The van der Waals surface area contributed by atoms with E-state index in [1.54, 1.807) is 48.5 Å². The molecule has 0 saturated heterocycles. The summed E-state index contributed by atoms with van der Waals surface area (Å²) in [5.41, 5.74) is 1.25. The van der Waals surface area contributed by atoms with Crippen molar-refractivity contribution < 1.29 is 32.0 Å². The highest BCUT2D eigenvalue weighted by molar-refractivity contribution is 7.89. The Morgan fingerprint density at radius 2 is 1.65 bits per heavy atom. The first-order chi connectivity index (χ1) is 16.3. The summed E-state index contributed by atoms with van der Waals surface area (Å²) < 4.78 is 37.3. The Labute approximate surface area is 195 Å². The highest BCUT2D eigenvalue weighted by Gasteiger charge is 2.34. The Hall–Kier alpha value is -4.02. The van der Waals surface area contributed by atoms with Crippen molar-refractivity contribution in [3.8, 4) is 0 Å². The van der Waals surface area contributed by atoms with Crippen LogP contribution in [-0.2, 0) is 26.1 Å². The van der Waals surface area contributed by atoms with E-state index in [1.807, 2.05) is 0 Å². The van der Waals surface area contributed by atoms with Crippen LogP contribution in [0.25, 0.3) is 6.08 Å². The first kappa shape index (κ1) is 23.1. The van der Waals surface area contributed by atoms with Crippen LogP contribution < -0.4 is 4.72 Å². The monoisotopic (exact) mass is 480 g/mol. The zero-order chi connectivity index (χ0) is 24.1. The number of rotatable bonds is 9. The molecular weight excluding hydrogens is 460 g/mol. The molecule has 3 aromatic rings. The van der Waals surface area contributed by atoms with Crippen molar-refractivity contribution in [2.24, 2.45) is 0 Å². The number of hydrogen-bond acceptors (Lipinski definition) is 7. The Balaban J connectivity index is 1.26. The minimum absolute atomic E-state index is 0.0313. The largest absolute Gasteiger partial charge is 0.468 e. The third-order valence-electron chi connectivity index (χ3n) is 5.06. The van der Waals surface area contributed by atoms with E-state index in [0.29, 0.717) is 22.5 Å². The third-order valence-corrected chi connectivity index (χ3v) is 6.47. The Morgan fingerprint density at radius 3 is 2.26 bits per heavy atom. The van der Waals surface area contributed by atoms with Crippen LogP contribution in [0.2, 0.25) is 0 Å². The number of esters is 1. The maximum Gasteiger partial charge on any atom is 0.330 e. The molecule has 1 N–H and O–H groups in total. The number of imide groups is 1. The molecule has 0 unspecified atom stereocenters. The van der Waals surface area contributed by atoms with E-state index in [4.69, 9.17) is 9.15 Å². The first-order valence-corrected chi connectivity index (χ1v) is 11.8. The summed E-state index contributed by atoms with van der Waals surface area (Å²) in [6.07, 6.45) is 4.11. The van der Waals surface area contributed by atoms with Gasteiger partial charge < -0.3 is 9.15 Å². The predicted molar refractivity (Wildman–Crippen MR) is 121 cm³/mol. The Bertz CT molecular complexity index is 1310. The average molecular weight is 480 g/mol. The van der Waals surface area contributed by atoms with Crippen molar-refractivity contribution in [1.29, 1.82) is 0 Å². The van der Waals surface area contributed by atoms with E-state index in [2.05, 4.69) is 4.72 Å². The van der Waals surface area contributed by atoms with Gasteiger partial charge in [-0.15, -0.1) is 0 Å². The van der Waals surface area contributed by atoms with Crippen LogP contribution in [0.1, 0.15) is 32.0 Å². The summed E-state index contributed by atoms with van der Waals surface area (Å²) in [5, 5.41) is 0. The second-order valence-corrected chi connectivity index (χ2v) is 9.05. The number of hydrogen-bond donors (Lipinski definition) is 1. The highest BCUT2D eigenvalue weighted by atomic mass is 32.2. The van der Waals surface area contributed by atoms with Gasteiger partial charge in [0.2, 0.25) is 10.0 Å². The molecule has 0 radical (unpaired) electrons. The number of nitrogens with one attached hydrogen (secondary N) is 1. The zero-order valence-electron chi connectivity index (χ0n) is 17.8. The van der Waals surface area contributed by atoms with Crippen LogP contribution in [0.15, 0.2) is 82.3 Å². The summed E-state index contributed by atoms with van der Waals surface area (Å²) in [7, 11) is -3.72. The number of fused-ring (bicyclic) bond motifs is 1. The van der Waals surface area contributed by atoms with Crippen molar-refractivity contribution in [1.82, 2.24) is 9.62 Å². The first-order valence-electron chi connectivity index (χ1n) is 10.3. The van der Waals surface area contributed by atoms with E-state index in [0.717, 1.165) is 4.90 Å². The zero-order valence-corrected chi connectivity index (χ0v) is 18.7. The molecule has 34 heavy (non-hydrogen) atoms. The Morgan fingerprint density at radius 1 is 0.971 bits per heavy atom. The molecule has 0 bridgehead atoms. The lowest BCUT2D eigenvalue weighted by Gasteiger charge is -2.13. The van der Waals surface area contributed by atoms with Gasteiger partial charge in [0, 0.05) is 6.08 Å². The second kappa shape index (κ2) is 9.86. The molecule has 0 saturated carbocycles. The average Bonchev–Trinajstić information content (AvgIpc) is 3.45. The third kappa shape index (κ3) is 5.13. The highest BCUT2D eigenvalue weighted by Crippen LogP contribution is 2.22. The van der Waals surface area contributed by atoms with Gasteiger partial charge in [-0.05, 0) is 48.0 Å². The lowest BCUT2D eigenvalue weighted by atomic mass is 10.1. The summed E-state index contributed by atoms with van der Waals surface area (Å²) in [4.78, 5) is 37.7. The molecule has 10 heteroatoms. The van der Waals surface area contributed by atoms with E-state index >= 15 is 0 Å². The molecule has 0 aliphatic carbocycles. The van der Waals surface area contributed by atoms with E-state index in [-0.39, 0.29) is 24.6 Å². The number of carbonyl (C=O) groups is 3. The van der Waals surface area contributed by atoms with Gasteiger partial charge in [0.05, 0.1) is 35.4 Å². The molecule has 4 rings (SSSR count). The minimum atomic E-state index is -3.72. The van der Waals surface area contributed by atoms with E-state index in [9.17, 15) is 22.8 Å². The number of furan rings is 1. The van der Waals surface area contributed by atoms with Gasteiger partial charge in [-0.25, -0.2) is 17.9 Å². The molecule has 0 spiro atoms. The van der Waals surface area contributed by atoms with Crippen LogP contribution >= 0.6 is 0 Å². The van der Waals surface area contributed by atoms with Crippen molar-refractivity contribution in [2.75, 3.05) is 13.2 Å². The van der Waals surface area contributed by atoms with Crippen LogP contribution in [0.5, 0.6) is 0 Å². The summed E-state index contributed by atoms with van der Waals surface area (Å²) in [5.74, 6) is -1.00. The number of ether oxygens (including phenoxy) is 1. The summed E-state index contributed by atoms with van der Waals surface area (Å²) in [6.45, 7) is -0.166. The molecular formula is C24H20N2O7S. The lowest BCUT2D eigenvalue weighted by molar-refractivity contribution is -0.137. The lowest BCUT2D eigenvalue weighted by Crippen LogP contribution is -2.33. The fourth-order valence-corrected chi connectivity index (χ4v) is 4.31. The second-order valence-electron chi connectivity index (χ2n) is 7.28. The standard InChI is InChI=1S/C24H20N2O7S/c27-22(33-15-13-26-23(28)20-5-1-2-6-21(20)24(26)29)12-9-17-7-10-19(11-8-17)34(30,31)25-16-18-4-3-14-32-18/h1-12,14,25H,13,15-16H2/b12-9+. The number of amides is 2. The molecule has 174 valence electrons. The van der Waals surface area contributed by atoms with Crippen LogP contribution in [0.3, 0.4) is 0 Å². The maximum atomic E-state index is 12.4. The molecule has 0 fully saturated rings. The van der Waals surface area contributed by atoms with Crippen molar-refractivity contribution in [2.45, 2.75) is 11.4 Å². The Kier molecular flexibility index (Phi) is 6.71. The predicted octanol–water partition coefficient (Wildman–Crippen LogP) is 2.61. The van der Waals surface area contributed by atoms with Gasteiger partial charge in [0.15, 0.2) is 0 Å². The molecule has 0 atom stereocenters. The number of sulfonamides is 1. The molecule has 2 amide bonds. The normalized spacial score (nSPS) is 13.5. The van der Waals surface area contributed by atoms with Gasteiger partial charge in [-0.1, -0.05) is 24.3 Å². The number of benzene rings is 2. The minimum Gasteiger partial charge on any atom is -0.468 e. The molecule has 1 aliphatic heterocycles. The van der Waals surface area contributed by atoms with Crippen molar-refractivity contribution in [3.63, 3.8) is 0 Å². The van der Waals surface area contributed by atoms with E-state index < -0.39 is 27.8 Å². The topological polar surface area (TPSA) is 123 Å². The van der Waals surface area contributed by atoms with Crippen molar-refractivity contribution >= 4 is 33.9 Å². The molecule has 1 aromatic heterocycles. The van der Waals surface area contributed by atoms with E-state index in [1.165, 1.54) is 30.5 Å². The van der Waals surface area contributed by atoms with Gasteiger partial charge in [0.25, 0.3) is 11.8 Å². The number of nitrogens with zero attached hydrogens (tertiary/aromatic N) is 1. The molecule has 2 heterocycles. The number of carbonyl (C=O) groups excluding carboxylic acids is 3. The molecule has 9 nitrogen and oxygen atoms in total. The molecule has 2 aromatic carbocycles. The van der Waals surface area contributed by atoms with Gasteiger partial charge in [-0.2, -0.15) is 0 Å².